The van der Waals surface area contributed by atoms with Crippen molar-refractivity contribution in [3.63, 3.8) is 0 Å². The van der Waals surface area contributed by atoms with Crippen LogP contribution in [0, 0.1) is 0 Å². The summed E-state index contributed by atoms with van der Waals surface area (Å²) in [6.07, 6.45) is 2.41. The molecule has 0 aliphatic carbocycles. The topological polar surface area (TPSA) is 95.6 Å². The average Bonchev–Trinajstić information content (AvgIpc) is 3.60. The number of hydrogen-bond acceptors (Lipinski definition) is 8. The molecule has 1 aromatic carbocycles. The minimum absolute atomic E-state index is 0.132. The zero-order valence-corrected chi connectivity index (χ0v) is 20.3. The van der Waals surface area contributed by atoms with Gasteiger partial charge in [0.1, 0.15) is 10.6 Å². The predicted molar refractivity (Wildman–Crippen MR) is 131 cm³/mol. The number of fused-ring (bicyclic) bond motifs is 2. The zero-order chi connectivity index (χ0) is 23.7. The van der Waals surface area contributed by atoms with E-state index in [0.717, 1.165) is 16.9 Å². The molecule has 1 aliphatic rings. The number of benzene rings is 1. The van der Waals surface area contributed by atoms with Gasteiger partial charge in [0.15, 0.2) is 16.7 Å². The van der Waals surface area contributed by atoms with Crippen molar-refractivity contribution < 1.29 is 18.7 Å². The first-order valence-electron chi connectivity index (χ1n) is 10.9. The zero-order valence-electron chi connectivity index (χ0n) is 18.7. The van der Waals surface area contributed by atoms with Crippen LogP contribution in [-0.2, 0) is 24.3 Å². The maximum Gasteiger partial charge on any atom is 0.263 e. The van der Waals surface area contributed by atoms with Crippen LogP contribution in [0.5, 0.6) is 11.5 Å². The van der Waals surface area contributed by atoms with Gasteiger partial charge in [-0.1, -0.05) is 24.8 Å². The standard InChI is InChI=1S/C24H23N3O5S2/c1-3-17-10-18-22(34-17)26-24(27(23(18)29)12-16-5-4-8-30-16)33-14(2)21(28)25-11-15-6-7-19-20(9-15)32-13-31-19/h4-10,14H,3,11-13H2,1-2H3,(H,25,28). The molecular formula is C24H23N3O5S2. The Bertz CT molecular complexity index is 1390. The Hall–Kier alpha value is -3.24. The van der Waals surface area contributed by atoms with E-state index in [1.807, 2.05) is 37.3 Å². The molecule has 0 spiro atoms. The van der Waals surface area contributed by atoms with Crippen molar-refractivity contribution in [1.82, 2.24) is 14.9 Å². The van der Waals surface area contributed by atoms with E-state index >= 15 is 0 Å². The summed E-state index contributed by atoms with van der Waals surface area (Å²) in [6, 6.07) is 11.1. The fourth-order valence-corrected chi connectivity index (χ4v) is 5.55. The molecular weight excluding hydrogens is 474 g/mol. The van der Waals surface area contributed by atoms with Crippen LogP contribution in [0.2, 0.25) is 0 Å². The van der Waals surface area contributed by atoms with Gasteiger partial charge < -0.3 is 19.2 Å². The Labute approximate surface area is 203 Å². The van der Waals surface area contributed by atoms with Crippen molar-refractivity contribution >= 4 is 39.2 Å². The highest BCUT2D eigenvalue weighted by atomic mass is 32.2. The summed E-state index contributed by atoms with van der Waals surface area (Å²) in [4.78, 5) is 32.7. The Morgan fingerprint density at radius 1 is 1.26 bits per heavy atom. The predicted octanol–water partition coefficient (Wildman–Crippen LogP) is 4.19. The summed E-state index contributed by atoms with van der Waals surface area (Å²) in [7, 11) is 0. The molecule has 1 N–H and O–H groups in total. The number of rotatable bonds is 8. The number of thiophene rings is 1. The van der Waals surface area contributed by atoms with E-state index in [0.29, 0.717) is 39.2 Å². The van der Waals surface area contributed by atoms with Gasteiger partial charge in [0.05, 0.1) is 23.4 Å². The Balaban J connectivity index is 1.35. The summed E-state index contributed by atoms with van der Waals surface area (Å²) in [5, 5.41) is 3.57. The molecule has 3 aromatic heterocycles. The van der Waals surface area contributed by atoms with Gasteiger partial charge in [0.2, 0.25) is 12.7 Å². The molecule has 0 saturated heterocycles. The lowest BCUT2D eigenvalue weighted by atomic mass is 10.2. The Morgan fingerprint density at radius 2 is 2.12 bits per heavy atom. The maximum atomic E-state index is 13.3. The fourth-order valence-electron chi connectivity index (χ4n) is 3.60. The summed E-state index contributed by atoms with van der Waals surface area (Å²) >= 11 is 2.77. The van der Waals surface area contributed by atoms with Gasteiger partial charge in [-0.2, -0.15) is 0 Å². The average molecular weight is 498 g/mol. The van der Waals surface area contributed by atoms with Crippen LogP contribution in [0.15, 0.2) is 57.0 Å². The molecule has 10 heteroatoms. The van der Waals surface area contributed by atoms with Gasteiger partial charge in [-0.15, -0.1) is 11.3 Å². The molecule has 34 heavy (non-hydrogen) atoms. The highest BCUT2D eigenvalue weighted by molar-refractivity contribution is 8.00. The number of hydrogen-bond donors (Lipinski definition) is 1. The van der Waals surface area contributed by atoms with Crippen molar-refractivity contribution in [3.05, 3.63) is 69.2 Å². The minimum atomic E-state index is -0.466. The molecule has 5 rings (SSSR count). The number of nitrogens with one attached hydrogen (secondary N) is 1. The summed E-state index contributed by atoms with van der Waals surface area (Å²) in [5.41, 5.74) is 0.780. The number of amides is 1. The molecule has 176 valence electrons. The maximum absolute atomic E-state index is 13.3. The second-order valence-corrected chi connectivity index (χ2v) is 10.2. The highest BCUT2D eigenvalue weighted by Crippen LogP contribution is 2.32. The van der Waals surface area contributed by atoms with Crippen molar-refractivity contribution in [1.29, 1.82) is 0 Å². The third kappa shape index (κ3) is 4.55. The van der Waals surface area contributed by atoms with E-state index in [4.69, 9.17) is 18.9 Å². The van der Waals surface area contributed by atoms with Crippen LogP contribution in [0.25, 0.3) is 10.2 Å². The van der Waals surface area contributed by atoms with E-state index < -0.39 is 5.25 Å². The molecule has 1 atom stereocenters. The molecule has 1 aliphatic heterocycles. The molecule has 4 heterocycles. The number of thioether (sulfide) groups is 1. The number of ether oxygens (including phenoxy) is 2. The van der Waals surface area contributed by atoms with Crippen LogP contribution >= 0.6 is 23.1 Å². The second-order valence-electron chi connectivity index (χ2n) is 7.82. The number of aryl methyl sites for hydroxylation is 1. The van der Waals surface area contributed by atoms with Gasteiger partial charge in [0, 0.05) is 11.4 Å². The van der Waals surface area contributed by atoms with Crippen molar-refractivity contribution in [3.8, 4) is 11.5 Å². The molecule has 0 fully saturated rings. The number of carbonyl (C=O) groups excluding carboxylic acids is 1. The van der Waals surface area contributed by atoms with Crippen LogP contribution in [0.4, 0.5) is 0 Å². The third-order valence-corrected chi connectivity index (χ3v) is 7.73. The smallest absolute Gasteiger partial charge is 0.263 e. The first-order chi connectivity index (χ1) is 16.5. The van der Waals surface area contributed by atoms with Crippen LogP contribution < -0.4 is 20.3 Å². The summed E-state index contributed by atoms with van der Waals surface area (Å²) < 4.78 is 17.8. The molecule has 4 aromatic rings. The molecule has 0 saturated carbocycles. The fraction of sp³-hybridized carbons (Fsp3) is 0.292. The number of aromatic nitrogens is 2. The van der Waals surface area contributed by atoms with E-state index in [1.54, 1.807) is 23.8 Å². The van der Waals surface area contributed by atoms with E-state index in [2.05, 4.69) is 5.32 Å². The van der Waals surface area contributed by atoms with Crippen molar-refractivity contribution in [2.45, 2.75) is 43.8 Å². The second kappa shape index (κ2) is 9.55. The number of nitrogens with zero attached hydrogens (tertiary/aromatic N) is 2. The Kier molecular flexibility index (Phi) is 6.34. The summed E-state index contributed by atoms with van der Waals surface area (Å²) in [5.74, 6) is 1.88. The van der Waals surface area contributed by atoms with Crippen molar-refractivity contribution in [2.75, 3.05) is 6.79 Å². The van der Waals surface area contributed by atoms with Crippen LogP contribution in [0.1, 0.15) is 30.0 Å². The van der Waals surface area contributed by atoms with Gasteiger partial charge in [-0.3, -0.25) is 14.2 Å². The number of carbonyl (C=O) groups is 1. The SMILES string of the molecule is CCc1cc2c(=O)n(Cc3ccco3)c(SC(C)C(=O)NCc3ccc4c(c3)OCO4)nc2s1. The van der Waals surface area contributed by atoms with Crippen LogP contribution in [-0.4, -0.2) is 27.5 Å². The third-order valence-electron chi connectivity index (χ3n) is 5.46. The van der Waals surface area contributed by atoms with Gasteiger partial charge in [-0.05, 0) is 49.2 Å². The molecule has 0 bridgehead atoms. The first-order valence-corrected chi connectivity index (χ1v) is 12.6. The van der Waals surface area contributed by atoms with Gasteiger partial charge in [0.25, 0.3) is 5.56 Å². The molecule has 0 radical (unpaired) electrons. The molecule has 8 nitrogen and oxygen atoms in total. The monoisotopic (exact) mass is 497 g/mol. The van der Waals surface area contributed by atoms with E-state index in [-0.39, 0.29) is 24.8 Å². The summed E-state index contributed by atoms with van der Waals surface area (Å²) in [6.45, 7) is 4.67. The largest absolute Gasteiger partial charge is 0.467 e. The van der Waals surface area contributed by atoms with Gasteiger partial charge in [-0.25, -0.2) is 4.98 Å². The Morgan fingerprint density at radius 3 is 2.91 bits per heavy atom. The van der Waals surface area contributed by atoms with E-state index in [1.165, 1.54) is 23.1 Å². The normalized spacial score (nSPS) is 13.4. The molecule has 1 amide bonds. The first kappa shape index (κ1) is 22.5. The van der Waals surface area contributed by atoms with E-state index in [9.17, 15) is 9.59 Å². The van der Waals surface area contributed by atoms with Gasteiger partial charge >= 0.3 is 0 Å². The molecule has 1 unspecified atom stereocenters. The van der Waals surface area contributed by atoms with Crippen LogP contribution in [0.3, 0.4) is 0 Å². The highest BCUT2D eigenvalue weighted by Gasteiger charge is 2.21. The lowest BCUT2D eigenvalue weighted by Gasteiger charge is -2.15. The lowest BCUT2D eigenvalue weighted by Crippen LogP contribution is -2.31. The number of furan rings is 1. The minimum Gasteiger partial charge on any atom is -0.467 e. The lowest BCUT2D eigenvalue weighted by molar-refractivity contribution is -0.120. The quantitative estimate of drug-likeness (QED) is 0.288. The van der Waals surface area contributed by atoms with Crippen molar-refractivity contribution in [2.24, 2.45) is 0 Å².